The van der Waals surface area contributed by atoms with Crippen molar-refractivity contribution in [3.8, 4) is 0 Å². The molecular weight excluding hydrogens is 490 g/mol. The lowest BCUT2D eigenvalue weighted by atomic mass is 10.00. The van der Waals surface area contributed by atoms with E-state index < -0.39 is 36.9 Å². The van der Waals surface area contributed by atoms with E-state index in [4.69, 9.17) is 0 Å². The molecular formula is C33H61NO5. The first-order chi connectivity index (χ1) is 19.0. The number of aliphatic hydroxyl groups is 4. The lowest BCUT2D eigenvalue weighted by molar-refractivity contribution is -0.132. The summed E-state index contributed by atoms with van der Waals surface area (Å²) in [5.74, 6) is -0.613. The maximum absolute atomic E-state index is 12.3. The van der Waals surface area contributed by atoms with Gasteiger partial charge in [0.1, 0.15) is 12.2 Å². The number of carbonyl (C=O) groups excluding carboxylic acids is 1. The van der Waals surface area contributed by atoms with Gasteiger partial charge >= 0.3 is 0 Å². The predicted octanol–water partition coefficient (Wildman–Crippen LogP) is 6.67. The molecule has 0 aromatic heterocycles. The van der Waals surface area contributed by atoms with E-state index in [1.807, 2.05) is 13.0 Å². The summed E-state index contributed by atoms with van der Waals surface area (Å²) in [6, 6.07) is -1.01. The van der Waals surface area contributed by atoms with Gasteiger partial charge in [0.2, 0.25) is 5.91 Å². The topological polar surface area (TPSA) is 110 Å². The molecule has 0 spiro atoms. The second-order valence-corrected chi connectivity index (χ2v) is 10.8. The highest BCUT2D eigenvalue weighted by molar-refractivity contribution is 5.80. The second kappa shape index (κ2) is 28.1. The van der Waals surface area contributed by atoms with Crippen LogP contribution in [0.25, 0.3) is 0 Å². The van der Waals surface area contributed by atoms with Gasteiger partial charge in [-0.2, -0.15) is 0 Å². The van der Waals surface area contributed by atoms with E-state index >= 15 is 0 Å². The molecule has 0 aromatic carbocycles. The first-order valence-electron chi connectivity index (χ1n) is 15.8. The summed E-state index contributed by atoms with van der Waals surface area (Å²) in [4.78, 5) is 12.3. The standard InChI is InChI=1S/C33H61NO5/c1-3-5-7-9-11-13-14-15-16-17-18-19-21-23-25-27-31(37)33(39)34-29(28-35)32(38)30(36)26-24-22-20-12-10-8-6-4-2/h4,6,12,16-17,20,29-32,35-38H,3,5,7-11,13-15,18-19,21-28H2,1-2H3,(H,34,39)/b6-4+,17-16-,20-12+. The smallest absolute Gasteiger partial charge is 0.249 e. The van der Waals surface area contributed by atoms with E-state index in [1.54, 1.807) is 0 Å². The Bertz CT molecular complexity index is 634. The third-order valence-corrected chi connectivity index (χ3v) is 7.15. The molecule has 0 aliphatic heterocycles. The van der Waals surface area contributed by atoms with Gasteiger partial charge in [0.15, 0.2) is 0 Å². The average Bonchev–Trinajstić information content (AvgIpc) is 2.94. The van der Waals surface area contributed by atoms with E-state index in [2.05, 4.69) is 42.6 Å². The van der Waals surface area contributed by atoms with E-state index in [9.17, 15) is 25.2 Å². The number of carbonyl (C=O) groups is 1. The molecule has 0 aliphatic rings. The molecule has 228 valence electrons. The zero-order valence-corrected chi connectivity index (χ0v) is 25.1. The Balaban J connectivity index is 3.92. The molecule has 0 saturated heterocycles. The minimum absolute atomic E-state index is 0.344. The third kappa shape index (κ3) is 23.0. The van der Waals surface area contributed by atoms with Gasteiger partial charge in [-0.15, -0.1) is 0 Å². The van der Waals surface area contributed by atoms with Crippen LogP contribution in [0.2, 0.25) is 0 Å². The van der Waals surface area contributed by atoms with Crippen LogP contribution in [0.1, 0.15) is 136 Å². The number of unbranched alkanes of at least 4 members (excludes halogenated alkanes) is 13. The quantitative estimate of drug-likeness (QED) is 0.0579. The van der Waals surface area contributed by atoms with Crippen LogP contribution in [0.5, 0.6) is 0 Å². The minimum Gasteiger partial charge on any atom is -0.394 e. The molecule has 4 unspecified atom stereocenters. The fourth-order valence-electron chi connectivity index (χ4n) is 4.54. The van der Waals surface area contributed by atoms with Crippen molar-refractivity contribution >= 4 is 5.91 Å². The van der Waals surface area contributed by atoms with E-state index in [0.29, 0.717) is 19.3 Å². The zero-order valence-electron chi connectivity index (χ0n) is 25.1. The van der Waals surface area contributed by atoms with Crippen molar-refractivity contribution in [1.82, 2.24) is 5.32 Å². The maximum atomic E-state index is 12.3. The Kier molecular flexibility index (Phi) is 27.0. The molecule has 0 heterocycles. The number of nitrogens with one attached hydrogen (secondary N) is 1. The van der Waals surface area contributed by atoms with E-state index in [-0.39, 0.29) is 0 Å². The number of amides is 1. The van der Waals surface area contributed by atoms with E-state index in [0.717, 1.165) is 51.4 Å². The fourth-order valence-corrected chi connectivity index (χ4v) is 4.54. The lowest BCUT2D eigenvalue weighted by Gasteiger charge is -2.27. The molecule has 39 heavy (non-hydrogen) atoms. The highest BCUT2D eigenvalue weighted by Crippen LogP contribution is 2.12. The number of aliphatic hydroxyl groups excluding tert-OH is 4. The summed E-state index contributed by atoms with van der Waals surface area (Å²) < 4.78 is 0. The molecule has 0 rings (SSSR count). The molecule has 0 bridgehead atoms. The maximum Gasteiger partial charge on any atom is 0.249 e. The summed E-state index contributed by atoms with van der Waals surface area (Å²) in [5.41, 5.74) is 0. The van der Waals surface area contributed by atoms with Crippen molar-refractivity contribution in [2.45, 2.75) is 160 Å². The molecule has 1 amide bonds. The van der Waals surface area contributed by atoms with Crippen LogP contribution in [-0.2, 0) is 4.79 Å². The monoisotopic (exact) mass is 551 g/mol. The summed E-state index contributed by atoms with van der Waals surface area (Å²) in [5, 5.41) is 43.0. The van der Waals surface area contributed by atoms with Gasteiger partial charge in [-0.3, -0.25) is 4.79 Å². The van der Waals surface area contributed by atoms with Gasteiger partial charge in [0.25, 0.3) is 0 Å². The van der Waals surface area contributed by atoms with Gasteiger partial charge < -0.3 is 25.7 Å². The summed E-state index contributed by atoms with van der Waals surface area (Å²) in [6.07, 6.45) is 29.1. The third-order valence-electron chi connectivity index (χ3n) is 7.15. The Morgan fingerprint density at radius 2 is 1.18 bits per heavy atom. The molecule has 5 N–H and O–H groups in total. The molecule has 0 saturated carbocycles. The highest BCUT2D eigenvalue weighted by atomic mass is 16.3. The van der Waals surface area contributed by atoms with Crippen LogP contribution in [-0.4, -0.2) is 57.3 Å². The Morgan fingerprint density at radius 3 is 1.77 bits per heavy atom. The molecule has 0 aliphatic carbocycles. The number of rotatable bonds is 27. The normalized spacial score (nSPS) is 15.3. The SMILES string of the molecule is C/C=C/CC/C=C/CCCC(O)C(O)C(CO)NC(=O)C(O)CCCCCC/C=C\CCCCCCCCC. The summed E-state index contributed by atoms with van der Waals surface area (Å²) in [7, 11) is 0. The number of allylic oxidation sites excluding steroid dienone is 6. The Morgan fingerprint density at radius 1 is 0.667 bits per heavy atom. The summed E-state index contributed by atoms with van der Waals surface area (Å²) >= 11 is 0. The van der Waals surface area contributed by atoms with Crippen molar-refractivity contribution in [3.63, 3.8) is 0 Å². The van der Waals surface area contributed by atoms with Crippen LogP contribution in [0, 0.1) is 0 Å². The first-order valence-corrected chi connectivity index (χ1v) is 15.8. The van der Waals surface area contributed by atoms with Crippen LogP contribution in [0.4, 0.5) is 0 Å². The van der Waals surface area contributed by atoms with Gasteiger partial charge in [-0.1, -0.05) is 101 Å². The fraction of sp³-hybridized carbons (Fsp3) is 0.788. The Hall–Kier alpha value is -1.47. The predicted molar refractivity (Wildman–Crippen MR) is 164 cm³/mol. The van der Waals surface area contributed by atoms with Crippen molar-refractivity contribution < 1.29 is 25.2 Å². The molecule has 6 nitrogen and oxygen atoms in total. The van der Waals surface area contributed by atoms with Gasteiger partial charge in [-0.25, -0.2) is 0 Å². The minimum atomic E-state index is -1.29. The molecule has 4 atom stereocenters. The highest BCUT2D eigenvalue weighted by Gasteiger charge is 2.28. The van der Waals surface area contributed by atoms with E-state index in [1.165, 1.54) is 51.4 Å². The van der Waals surface area contributed by atoms with Crippen molar-refractivity contribution in [2.75, 3.05) is 6.61 Å². The Labute approximate surface area is 239 Å². The lowest BCUT2D eigenvalue weighted by Crippen LogP contribution is -2.53. The van der Waals surface area contributed by atoms with Crippen molar-refractivity contribution in [2.24, 2.45) is 0 Å². The van der Waals surface area contributed by atoms with Crippen molar-refractivity contribution in [1.29, 1.82) is 0 Å². The van der Waals surface area contributed by atoms with Gasteiger partial charge in [0.05, 0.1) is 18.8 Å². The molecule has 6 heteroatoms. The van der Waals surface area contributed by atoms with Gasteiger partial charge in [-0.05, 0) is 71.1 Å². The molecule has 0 aromatic rings. The number of hydrogen-bond donors (Lipinski definition) is 5. The largest absolute Gasteiger partial charge is 0.394 e. The van der Waals surface area contributed by atoms with Crippen molar-refractivity contribution in [3.05, 3.63) is 36.5 Å². The second-order valence-electron chi connectivity index (χ2n) is 10.8. The van der Waals surface area contributed by atoms with Crippen LogP contribution >= 0.6 is 0 Å². The van der Waals surface area contributed by atoms with Crippen LogP contribution in [0.15, 0.2) is 36.5 Å². The molecule has 0 fully saturated rings. The zero-order chi connectivity index (χ0) is 29.0. The summed E-state index contributed by atoms with van der Waals surface area (Å²) in [6.45, 7) is 3.74. The number of hydrogen-bond acceptors (Lipinski definition) is 5. The van der Waals surface area contributed by atoms with Crippen LogP contribution in [0.3, 0.4) is 0 Å². The van der Waals surface area contributed by atoms with Gasteiger partial charge in [0, 0.05) is 0 Å². The molecule has 0 radical (unpaired) electrons. The average molecular weight is 552 g/mol. The van der Waals surface area contributed by atoms with Crippen LogP contribution < -0.4 is 5.32 Å². The first kappa shape index (κ1) is 37.5.